The standard InChI is InChI=1S/C11H20ClN3/c1-8-9(12)6-14-15(8)7-10(13-5)11(2,3)4/h6,10,13H,7H2,1-5H3. The van der Waals surface area contributed by atoms with E-state index in [1.807, 2.05) is 18.7 Å². The van der Waals surface area contributed by atoms with Crippen LogP contribution in [0, 0.1) is 12.3 Å². The van der Waals surface area contributed by atoms with Gasteiger partial charge in [0.2, 0.25) is 0 Å². The minimum absolute atomic E-state index is 0.208. The molecule has 0 spiro atoms. The lowest BCUT2D eigenvalue weighted by atomic mass is 9.87. The second-order valence-electron chi connectivity index (χ2n) is 4.97. The van der Waals surface area contributed by atoms with Crippen molar-refractivity contribution in [2.75, 3.05) is 7.05 Å². The van der Waals surface area contributed by atoms with Gasteiger partial charge in [0.1, 0.15) is 0 Å². The monoisotopic (exact) mass is 229 g/mol. The normalized spacial score (nSPS) is 14.3. The number of hydrogen-bond donors (Lipinski definition) is 1. The summed E-state index contributed by atoms with van der Waals surface area (Å²) < 4.78 is 1.95. The summed E-state index contributed by atoms with van der Waals surface area (Å²) in [4.78, 5) is 0. The molecule has 1 unspecified atom stereocenters. The Labute approximate surface area is 96.8 Å². The number of nitrogens with zero attached hydrogens (tertiary/aromatic N) is 2. The van der Waals surface area contributed by atoms with E-state index >= 15 is 0 Å². The molecule has 1 aromatic heterocycles. The third-order valence-corrected chi connectivity index (χ3v) is 3.16. The average molecular weight is 230 g/mol. The summed E-state index contributed by atoms with van der Waals surface area (Å²) in [5.74, 6) is 0. The van der Waals surface area contributed by atoms with Crippen molar-refractivity contribution in [1.82, 2.24) is 15.1 Å². The summed E-state index contributed by atoms with van der Waals surface area (Å²) in [6, 6.07) is 0.382. The molecule has 3 nitrogen and oxygen atoms in total. The average Bonchev–Trinajstić information content (AvgIpc) is 2.43. The van der Waals surface area contributed by atoms with E-state index in [1.54, 1.807) is 6.20 Å². The first-order chi connectivity index (χ1) is 6.86. The number of aromatic nitrogens is 2. The van der Waals surface area contributed by atoms with Crippen molar-refractivity contribution in [3.63, 3.8) is 0 Å². The Morgan fingerprint density at radius 1 is 1.53 bits per heavy atom. The topological polar surface area (TPSA) is 29.9 Å². The van der Waals surface area contributed by atoms with E-state index in [4.69, 9.17) is 11.6 Å². The zero-order valence-corrected chi connectivity index (χ0v) is 10.9. The van der Waals surface area contributed by atoms with E-state index in [1.165, 1.54) is 0 Å². The fourth-order valence-corrected chi connectivity index (χ4v) is 1.72. The summed E-state index contributed by atoms with van der Waals surface area (Å²) >= 11 is 5.97. The van der Waals surface area contributed by atoms with Crippen molar-refractivity contribution in [3.05, 3.63) is 16.9 Å². The van der Waals surface area contributed by atoms with Crippen LogP contribution in [0.3, 0.4) is 0 Å². The molecule has 15 heavy (non-hydrogen) atoms. The maximum atomic E-state index is 5.97. The van der Waals surface area contributed by atoms with Gasteiger partial charge in [0.25, 0.3) is 0 Å². The molecule has 0 saturated carbocycles. The molecule has 0 fully saturated rings. The summed E-state index contributed by atoms with van der Waals surface area (Å²) in [5.41, 5.74) is 1.24. The van der Waals surface area contributed by atoms with Gasteiger partial charge in [-0.25, -0.2) is 0 Å². The highest BCUT2D eigenvalue weighted by Gasteiger charge is 2.24. The van der Waals surface area contributed by atoms with Crippen molar-refractivity contribution in [2.24, 2.45) is 5.41 Å². The van der Waals surface area contributed by atoms with E-state index in [2.05, 4.69) is 31.2 Å². The molecular weight excluding hydrogens is 210 g/mol. The van der Waals surface area contributed by atoms with E-state index in [0.29, 0.717) is 6.04 Å². The van der Waals surface area contributed by atoms with Crippen LogP contribution in [0.15, 0.2) is 6.20 Å². The fraction of sp³-hybridized carbons (Fsp3) is 0.727. The highest BCUT2D eigenvalue weighted by Crippen LogP contribution is 2.22. The first kappa shape index (κ1) is 12.5. The highest BCUT2D eigenvalue weighted by molar-refractivity contribution is 6.31. The molecule has 0 radical (unpaired) electrons. The van der Waals surface area contributed by atoms with Gasteiger partial charge in [0, 0.05) is 6.04 Å². The molecule has 0 aliphatic heterocycles. The zero-order chi connectivity index (χ0) is 11.6. The molecule has 86 valence electrons. The van der Waals surface area contributed by atoms with Gasteiger partial charge >= 0.3 is 0 Å². The lowest BCUT2D eigenvalue weighted by molar-refractivity contribution is 0.246. The van der Waals surface area contributed by atoms with Crippen molar-refractivity contribution in [2.45, 2.75) is 40.3 Å². The number of halogens is 1. The third kappa shape index (κ3) is 2.95. The molecule has 4 heteroatoms. The van der Waals surface area contributed by atoms with Gasteiger partial charge in [-0.1, -0.05) is 32.4 Å². The molecule has 0 aliphatic rings. The maximum absolute atomic E-state index is 5.97. The van der Waals surface area contributed by atoms with Crippen molar-refractivity contribution in [1.29, 1.82) is 0 Å². The van der Waals surface area contributed by atoms with Crippen LogP contribution >= 0.6 is 11.6 Å². The van der Waals surface area contributed by atoms with Gasteiger partial charge in [0.05, 0.1) is 23.5 Å². The van der Waals surface area contributed by atoms with Gasteiger partial charge in [0.15, 0.2) is 0 Å². The van der Waals surface area contributed by atoms with E-state index in [9.17, 15) is 0 Å². The minimum Gasteiger partial charge on any atom is -0.315 e. The predicted molar refractivity (Wildman–Crippen MR) is 64.3 cm³/mol. The maximum Gasteiger partial charge on any atom is 0.0814 e. The number of nitrogens with one attached hydrogen (secondary N) is 1. The second-order valence-corrected chi connectivity index (χ2v) is 5.37. The van der Waals surface area contributed by atoms with Crippen LogP contribution in [0.5, 0.6) is 0 Å². The Hall–Kier alpha value is -0.540. The second kappa shape index (κ2) is 4.54. The number of hydrogen-bond acceptors (Lipinski definition) is 2. The van der Waals surface area contributed by atoms with Gasteiger partial charge in [-0.2, -0.15) is 5.10 Å². The quantitative estimate of drug-likeness (QED) is 0.863. The molecule has 1 N–H and O–H groups in total. The van der Waals surface area contributed by atoms with Gasteiger partial charge in [-0.05, 0) is 19.4 Å². The van der Waals surface area contributed by atoms with Crippen LogP contribution in [0.4, 0.5) is 0 Å². The minimum atomic E-state index is 0.208. The predicted octanol–water partition coefficient (Wildman–Crippen LogP) is 2.48. The van der Waals surface area contributed by atoms with Gasteiger partial charge < -0.3 is 5.32 Å². The van der Waals surface area contributed by atoms with E-state index < -0.39 is 0 Å². The zero-order valence-electron chi connectivity index (χ0n) is 10.1. The third-order valence-electron chi connectivity index (χ3n) is 2.79. The molecule has 0 aliphatic carbocycles. The number of rotatable bonds is 3. The first-order valence-corrected chi connectivity index (χ1v) is 5.59. The molecule has 0 amide bonds. The summed E-state index contributed by atoms with van der Waals surface area (Å²) in [6.07, 6.45) is 1.70. The molecule has 1 heterocycles. The van der Waals surface area contributed by atoms with Gasteiger partial charge in [-0.3, -0.25) is 4.68 Å². The van der Waals surface area contributed by atoms with Crippen LogP contribution in [0.1, 0.15) is 26.5 Å². The van der Waals surface area contributed by atoms with E-state index in [-0.39, 0.29) is 5.41 Å². The molecule has 1 aromatic rings. The van der Waals surface area contributed by atoms with Crippen molar-refractivity contribution in [3.8, 4) is 0 Å². The molecule has 0 aromatic carbocycles. The molecule has 1 atom stereocenters. The van der Waals surface area contributed by atoms with Crippen molar-refractivity contribution < 1.29 is 0 Å². The largest absolute Gasteiger partial charge is 0.315 e. The molecular formula is C11H20ClN3. The highest BCUT2D eigenvalue weighted by atomic mass is 35.5. The molecule has 0 saturated heterocycles. The summed E-state index contributed by atoms with van der Waals surface area (Å²) in [5, 5.41) is 8.32. The summed E-state index contributed by atoms with van der Waals surface area (Å²) in [6.45, 7) is 9.49. The lowest BCUT2D eigenvalue weighted by Crippen LogP contribution is -2.41. The summed E-state index contributed by atoms with van der Waals surface area (Å²) in [7, 11) is 1.98. The molecule has 1 rings (SSSR count). The van der Waals surface area contributed by atoms with Crippen molar-refractivity contribution >= 4 is 11.6 Å². The Kier molecular flexibility index (Phi) is 3.79. The Bertz CT molecular complexity index is 325. The van der Waals surface area contributed by atoms with E-state index in [0.717, 1.165) is 17.3 Å². The smallest absolute Gasteiger partial charge is 0.0814 e. The Morgan fingerprint density at radius 2 is 2.13 bits per heavy atom. The Morgan fingerprint density at radius 3 is 2.47 bits per heavy atom. The fourth-order valence-electron chi connectivity index (χ4n) is 1.58. The van der Waals surface area contributed by atoms with Crippen LogP contribution in [-0.4, -0.2) is 22.9 Å². The van der Waals surface area contributed by atoms with Crippen LogP contribution < -0.4 is 5.32 Å². The van der Waals surface area contributed by atoms with Gasteiger partial charge in [-0.15, -0.1) is 0 Å². The lowest BCUT2D eigenvalue weighted by Gasteiger charge is -2.30. The Balaban J connectivity index is 2.80. The van der Waals surface area contributed by atoms with Crippen LogP contribution in [-0.2, 0) is 6.54 Å². The SMILES string of the molecule is CNC(Cn1ncc(Cl)c1C)C(C)(C)C. The number of likely N-dealkylation sites (N-methyl/N-ethyl adjacent to an activating group) is 1. The molecule has 0 bridgehead atoms. The van der Waals surface area contributed by atoms with Crippen LogP contribution in [0.25, 0.3) is 0 Å². The van der Waals surface area contributed by atoms with Crippen LogP contribution in [0.2, 0.25) is 5.02 Å². The first-order valence-electron chi connectivity index (χ1n) is 5.21.